The molecule has 7 heteroatoms. The van der Waals surface area contributed by atoms with Gasteiger partial charge in [0.2, 0.25) is 5.91 Å². The van der Waals surface area contributed by atoms with E-state index in [1.807, 2.05) is 17.5 Å². The molecular weight excluding hydrogens is 422 g/mol. The molecule has 2 aromatic rings. The topological polar surface area (TPSA) is 78.5 Å². The molecule has 1 aliphatic carbocycles. The fourth-order valence-electron chi connectivity index (χ4n) is 4.69. The summed E-state index contributed by atoms with van der Waals surface area (Å²) in [6.07, 6.45) is 5.27. The predicted octanol–water partition coefficient (Wildman–Crippen LogP) is 4.72. The molecule has 170 valence electrons. The molecule has 6 nitrogen and oxygen atoms in total. The molecule has 32 heavy (non-hydrogen) atoms. The van der Waals surface area contributed by atoms with Gasteiger partial charge in [-0.15, -0.1) is 11.3 Å². The fourth-order valence-corrected chi connectivity index (χ4v) is 5.49. The molecule has 2 N–H and O–H groups in total. The molecule has 0 radical (unpaired) electrons. The molecule has 2 heterocycles. The molecule has 4 amide bonds. The Kier molecular flexibility index (Phi) is 6.65. The van der Waals surface area contributed by atoms with E-state index in [0.29, 0.717) is 18.8 Å². The van der Waals surface area contributed by atoms with Crippen molar-refractivity contribution in [2.24, 2.45) is 0 Å². The van der Waals surface area contributed by atoms with Crippen LogP contribution in [0, 0.1) is 0 Å². The summed E-state index contributed by atoms with van der Waals surface area (Å²) >= 11 is 1.57. The van der Waals surface area contributed by atoms with Gasteiger partial charge in [-0.3, -0.25) is 14.5 Å². The van der Waals surface area contributed by atoms with E-state index in [2.05, 4.69) is 48.7 Å². The van der Waals surface area contributed by atoms with E-state index in [-0.39, 0.29) is 24.4 Å². The van der Waals surface area contributed by atoms with Crippen molar-refractivity contribution < 1.29 is 14.4 Å². The van der Waals surface area contributed by atoms with E-state index < -0.39 is 11.6 Å². The summed E-state index contributed by atoms with van der Waals surface area (Å²) in [6, 6.07) is 11.5. The van der Waals surface area contributed by atoms with Gasteiger partial charge in [0.05, 0.1) is 6.04 Å². The number of carbonyl (C=O) groups excluding carboxylic acids is 3. The van der Waals surface area contributed by atoms with E-state index in [9.17, 15) is 14.4 Å². The van der Waals surface area contributed by atoms with E-state index in [1.165, 1.54) is 5.56 Å². The summed E-state index contributed by atoms with van der Waals surface area (Å²) in [7, 11) is 0. The van der Waals surface area contributed by atoms with Crippen molar-refractivity contribution >= 4 is 29.2 Å². The number of urea groups is 1. The average Bonchev–Trinajstić information content (AvgIpc) is 3.41. The van der Waals surface area contributed by atoms with Gasteiger partial charge in [-0.2, -0.15) is 0 Å². The number of nitrogens with zero attached hydrogens (tertiary/aromatic N) is 1. The number of nitrogens with one attached hydrogen (secondary N) is 2. The molecule has 2 atom stereocenters. The monoisotopic (exact) mass is 453 g/mol. The minimum atomic E-state index is -0.811. The molecule has 2 fully saturated rings. The lowest BCUT2D eigenvalue weighted by atomic mass is 9.82. The Balaban J connectivity index is 1.49. The van der Waals surface area contributed by atoms with Crippen molar-refractivity contribution in [2.45, 2.75) is 69.9 Å². The van der Waals surface area contributed by atoms with Crippen molar-refractivity contribution in [3.8, 4) is 0 Å². The number of thiophene rings is 1. The maximum absolute atomic E-state index is 13.0. The highest BCUT2D eigenvalue weighted by atomic mass is 32.1. The molecule has 1 aromatic carbocycles. The minimum absolute atomic E-state index is 0.261. The average molecular weight is 454 g/mol. The summed E-state index contributed by atoms with van der Waals surface area (Å²) < 4.78 is 0. The molecular formula is C25H31N3O3S. The van der Waals surface area contributed by atoms with Crippen molar-refractivity contribution in [3.05, 3.63) is 57.8 Å². The molecule has 2 unspecified atom stereocenters. The van der Waals surface area contributed by atoms with Gasteiger partial charge >= 0.3 is 6.03 Å². The lowest BCUT2D eigenvalue weighted by molar-refractivity contribution is -0.136. The molecule has 1 saturated heterocycles. The number of benzene rings is 1. The Labute approximate surface area is 193 Å². The zero-order valence-electron chi connectivity index (χ0n) is 18.7. The van der Waals surface area contributed by atoms with Gasteiger partial charge in [0.1, 0.15) is 12.1 Å². The highest BCUT2D eigenvalue weighted by Gasteiger charge is 2.51. The summed E-state index contributed by atoms with van der Waals surface area (Å²) in [4.78, 5) is 40.6. The van der Waals surface area contributed by atoms with Gasteiger partial charge in [-0.05, 0) is 47.8 Å². The van der Waals surface area contributed by atoms with E-state index in [1.54, 1.807) is 11.3 Å². The summed E-state index contributed by atoms with van der Waals surface area (Å²) in [5.41, 5.74) is 1.44. The number of rotatable bonds is 7. The number of hydrogen-bond acceptors (Lipinski definition) is 4. The maximum Gasteiger partial charge on any atom is 0.325 e. The predicted molar refractivity (Wildman–Crippen MR) is 126 cm³/mol. The summed E-state index contributed by atoms with van der Waals surface area (Å²) in [5, 5.41) is 7.90. The summed E-state index contributed by atoms with van der Waals surface area (Å²) in [5.74, 6) is -0.126. The Morgan fingerprint density at radius 3 is 2.44 bits per heavy atom. The standard InChI is InChI=1S/C25H31N3O3S/c1-3-17(2)18-9-11-19(12-10-18)22(20-8-7-15-32-20)26-21(29)16-28-23(30)25(27-24(28)31)13-5-4-6-14-25/h7-12,15,17,22H,3-6,13-14,16H2,1-2H3,(H,26,29)(H,27,31). The van der Waals surface area contributed by atoms with E-state index >= 15 is 0 Å². The van der Waals surface area contributed by atoms with Crippen LogP contribution in [0.5, 0.6) is 0 Å². The molecule has 1 aromatic heterocycles. The van der Waals surface area contributed by atoms with Crippen molar-refractivity contribution in [1.82, 2.24) is 15.5 Å². The molecule has 1 saturated carbocycles. The van der Waals surface area contributed by atoms with Gasteiger partial charge in [-0.1, -0.05) is 63.4 Å². The van der Waals surface area contributed by atoms with Crippen LogP contribution in [0.2, 0.25) is 0 Å². The third kappa shape index (κ3) is 4.44. The molecule has 4 rings (SSSR count). The zero-order chi connectivity index (χ0) is 22.7. The largest absolute Gasteiger partial charge is 0.343 e. The highest BCUT2D eigenvalue weighted by molar-refractivity contribution is 7.10. The Morgan fingerprint density at radius 2 is 1.81 bits per heavy atom. The first-order valence-electron chi connectivity index (χ1n) is 11.5. The van der Waals surface area contributed by atoms with Crippen molar-refractivity contribution in [3.63, 3.8) is 0 Å². The van der Waals surface area contributed by atoms with Gasteiger partial charge in [0, 0.05) is 4.88 Å². The maximum atomic E-state index is 13.0. The third-order valence-corrected chi connectivity index (χ3v) is 7.78. The second kappa shape index (κ2) is 9.45. The normalized spacial score (nSPS) is 19.6. The van der Waals surface area contributed by atoms with Crippen LogP contribution in [-0.2, 0) is 9.59 Å². The smallest absolute Gasteiger partial charge is 0.325 e. The van der Waals surface area contributed by atoms with Crippen LogP contribution in [0.25, 0.3) is 0 Å². The second-order valence-electron chi connectivity index (χ2n) is 8.96. The van der Waals surface area contributed by atoms with Crippen LogP contribution in [-0.4, -0.2) is 34.8 Å². The number of amides is 4. The van der Waals surface area contributed by atoms with Crippen LogP contribution in [0.15, 0.2) is 41.8 Å². The molecule has 2 aliphatic rings. The zero-order valence-corrected chi connectivity index (χ0v) is 19.5. The Hall–Kier alpha value is -2.67. The molecule has 0 bridgehead atoms. The first-order valence-corrected chi connectivity index (χ1v) is 12.4. The quantitative estimate of drug-likeness (QED) is 0.596. The molecule has 1 spiro atoms. The van der Waals surface area contributed by atoms with Crippen LogP contribution in [0.3, 0.4) is 0 Å². The van der Waals surface area contributed by atoms with Crippen LogP contribution in [0.1, 0.15) is 80.3 Å². The first kappa shape index (κ1) is 22.5. The van der Waals surface area contributed by atoms with Crippen LogP contribution < -0.4 is 10.6 Å². The minimum Gasteiger partial charge on any atom is -0.343 e. The first-order chi connectivity index (χ1) is 15.4. The SMILES string of the molecule is CCC(C)c1ccc(C(NC(=O)CN2C(=O)NC3(CCCCC3)C2=O)c2cccs2)cc1. The lowest BCUT2D eigenvalue weighted by Gasteiger charge is -2.30. The highest BCUT2D eigenvalue weighted by Crippen LogP contribution is 2.34. The third-order valence-electron chi connectivity index (χ3n) is 6.84. The van der Waals surface area contributed by atoms with E-state index in [4.69, 9.17) is 0 Å². The Bertz CT molecular complexity index is 965. The number of imide groups is 1. The van der Waals surface area contributed by atoms with Crippen molar-refractivity contribution in [2.75, 3.05) is 6.54 Å². The van der Waals surface area contributed by atoms with Crippen molar-refractivity contribution in [1.29, 1.82) is 0 Å². The lowest BCUT2D eigenvalue weighted by Crippen LogP contribution is -2.49. The van der Waals surface area contributed by atoms with Gasteiger partial charge < -0.3 is 10.6 Å². The number of hydrogen-bond donors (Lipinski definition) is 2. The fraction of sp³-hybridized carbons (Fsp3) is 0.480. The van der Waals surface area contributed by atoms with Gasteiger partial charge in [-0.25, -0.2) is 4.79 Å². The number of carbonyl (C=O) groups is 3. The Morgan fingerprint density at radius 1 is 1.12 bits per heavy atom. The summed E-state index contributed by atoms with van der Waals surface area (Å²) in [6.45, 7) is 4.10. The van der Waals surface area contributed by atoms with Gasteiger partial charge in [0.25, 0.3) is 5.91 Å². The molecule has 1 aliphatic heterocycles. The van der Waals surface area contributed by atoms with Gasteiger partial charge in [0.15, 0.2) is 0 Å². The van der Waals surface area contributed by atoms with E-state index in [0.717, 1.165) is 41.0 Å². The second-order valence-corrected chi connectivity index (χ2v) is 9.94. The van der Waals surface area contributed by atoms with Crippen LogP contribution >= 0.6 is 11.3 Å². The van der Waals surface area contributed by atoms with Crippen LogP contribution in [0.4, 0.5) is 4.79 Å².